The number of hydrogen-bond donors (Lipinski definition) is 2. The maximum Gasteiger partial charge on any atom is 0.0779 e. The van der Waals surface area contributed by atoms with Gasteiger partial charge in [-0.25, -0.2) is 0 Å². The molecule has 0 saturated carbocycles. The first-order chi connectivity index (χ1) is 7.73. The minimum atomic E-state index is 0.00341. The topological polar surface area (TPSA) is 47.3 Å². The maximum absolute atomic E-state index is 5.79. The van der Waals surface area contributed by atoms with Crippen molar-refractivity contribution in [2.45, 2.75) is 31.4 Å². The number of hydrogen-bond acceptors (Lipinski definition) is 4. The molecule has 2 unspecified atom stereocenters. The fourth-order valence-electron chi connectivity index (χ4n) is 2.13. The van der Waals surface area contributed by atoms with Crippen molar-refractivity contribution in [3.63, 3.8) is 0 Å². The number of ether oxygens (including phenoxy) is 1. The zero-order chi connectivity index (χ0) is 11.4. The molecule has 0 aromatic carbocycles. The second kappa shape index (κ2) is 5.27. The fourth-order valence-corrected chi connectivity index (χ4v) is 2.84. The lowest BCUT2D eigenvalue weighted by Crippen LogP contribution is -2.40. The van der Waals surface area contributed by atoms with Crippen LogP contribution in [-0.2, 0) is 4.74 Å². The number of nitrogens with two attached hydrogens (primary N) is 1. The molecule has 1 aromatic rings. The summed E-state index contributed by atoms with van der Waals surface area (Å²) < 4.78 is 5.75. The predicted octanol–water partition coefficient (Wildman–Crippen LogP) is 1.91. The molecular weight excluding hydrogens is 220 g/mol. The molecule has 3 nitrogen and oxygen atoms in total. The van der Waals surface area contributed by atoms with Crippen molar-refractivity contribution in [2.24, 2.45) is 5.73 Å². The smallest absolute Gasteiger partial charge is 0.0779 e. The first kappa shape index (κ1) is 12.0. The summed E-state index contributed by atoms with van der Waals surface area (Å²) in [6, 6.07) is 2.39. The quantitative estimate of drug-likeness (QED) is 0.826. The first-order valence-electron chi connectivity index (χ1n) is 5.83. The van der Waals surface area contributed by atoms with Crippen LogP contribution in [0.4, 0.5) is 0 Å². The van der Waals surface area contributed by atoms with E-state index >= 15 is 0 Å². The van der Waals surface area contributed by atoms with E-state index in [-0.39, 0.29) is 11.6 Å². The van der Waals surface area contributed by atoms with Crippen LogP contribution in [0.15, 0.2) is 16.8 Å². The molecule has 0 amide bonds. The first-order valence-corrected chi connectivity index (χ1v) is 6.77. The van der Waals surface area contributed by atoms with Gasteiger partial charge in [-0.1, -0.05) is 0 Å². The molecule has 0 radical (unpaired) electrons. The molecule has 2 atom stereocenters. The third-order valence-corrected chi connectivity index (χ3v) is 3.91. The van der Waals surface area contributed by atoms with E-state index in [4.69, 9.17) is 10.5 Å². The Kier molecular flexibility index (Phi) is 3.97. The Morgan fingerprint density at radius 1 is 1.69 bits per heavy atom. The molecule has 0 aliphatic carbocycles. The van der Waals surface area contributed by atoms with E-state index in [1.807, 2.05) is 0 Å². The molecule has 0 spiro atoms. The number of rotatable bonds is 5. The van der Waals surface area contributed by atoms with E-state index in [0.717, 1.165) is 19.6 Å². The van der Waals surface area contributed by atoms with Crippen LogP contribution in [0.5, 0.6) is 0 Å². The van der Waals surface area contributed by atoms with Gasteiger partial charge in [0.1, 0.15) is 0 Å². The van der Waals surface area contributed by atoms with Crippen LogP contribution in [0.3, 0.4) is 0 Å². The van der Waals surface area contributed by atoms with Gasteiger partial charge in [0, 0.05) is 25.7 Å². The summed E-state index contributed by atoms with van der Waals surface area (Å²) in [6.07, 6.45) is 2.31. The number of thiophene rings is 1. The predicted molar refractivity (Wildman–Crippen MR) is 67.7 cm³/mol. The van der Waals surface area contributed by atoms with E-state index < -0.39 is 0 Å². The van der Waals surface area contributed by atoms with Crippen LogP contribution in [0.2, 0.25) is 0 Å². The second-order valence-electron chi connectivity index (χ2n) is 4.63. The molecule has 2 heterocycles. The van der Waals surface area contributed by atoms with Crippen molar-refractivity contribution in [1.82, 2.24) is 5.32 Å². The van der Waals surface area contributed by atoms with Gasteiger partial charge < -0.3 is 15.8 Å². The van der Waals surface area contributed by atoms with Crippen LogP contribution >= 0.6 is 11.3 Å². The van der Waals surface area contributed by atoms with E-state index in [1.54, 1.807) is 11.3 Å². The van der Waals surface area contributed by atoms with Gasteiger partial charge in [0.2, 0.25) is 0 Å². The molecular formula is C12H20N2OS. The molecule has 1 aliphatic rings. The standard InChI is InChI=1S/C12H20N2OS/c1-12(4-2-5-15-12)9-14-11(7-13)10-3-6-16-8-10/h3,6,8,11,14H,2,4-5,7,9,13H2,1H3. The van der Waals surface area contributed by atoms with Crippen molar-refractivity contribution in [1.29, 1.82) is 0 Å². The third kappa shape index (κ3) is 2.83. The van der Waals surface area contributed by atoms with Gasteiger partial charge >= 0.3 is 0 Å². The highest BCUT2D eigenvalue weighted by Crippen LogP contribution is 2.25. The minimum Gasteiger partial charge on any atom is -0.374 e. The molecule has 1 fully saturated rings. The van der Waals surface area contributed by atoms with Gasteiger partial charge in [-0.05, 0) is 42.2 Å². The molecule has 90 valence electrons. The van der Waals surface area contributed by atoms with E-state index in [2.05, 4.69) is 29.1 Å². The van der Waals surface area contributed by atoms with Gasteiger partial charge in [0.15, 0.2) is 0 Å². The molecule has 2 rings (SSSR count). The fraction of sp³-hybridized carbons (Fsp3) is 0.667. The monoisotopic (exact) mass is 240 g/mol. The highest BCUT2D eigenvalue weighted by Gasteiger charge is 2.30. The Morgan fingerprint density at radius 2 is 2.56 bits per heavy atom. The summed E-state index contributed by atoms with van der Waals surface area (Å²) in [4.78, 5) is 0. The zero-order valence-electron chi connectivity index (χ0n) is 9.74. The Bertz CT molecular complexity index is 307. The molecule has 4 heteroatoms. The molecule has 16 heavy (non-hydrogen) atoms. The van der Waals surface area contributed by atoms with Crippen LogP contribution < -0.4 is 11.1 Å². The molecule has 1 saturated heterocycles. The lowest BCUT2D eigenvalue weighted by Gasteiger charge is -2.26. The lowest BCUT2D eigenvalue weighted by atomic mass is 10.0. The summed E-state index contributed by atoms with van der Waals surface area (Å²) in [5.74, 6) is 0. The Hall–Kier alpha value is -0.420. The second-order valence-corrected chi connectivity index (χ2v) is 5.41. The molecule has 0 bridgehead atoms. The van der Waals surface area contributed by atoms with Crippen LogP contribution in [0.1, 0.15) is 31.4 Å². The number of nitrogens with one attached hydrogen (secondary N) is 1. The van der Waals surface area contributed by atoms with Crippen molar-refractivity contribution in [3.8, 4) is 0 Å². The molecule has 1 aliphatic heterocycles. The van der Waals surface area contributed by atoms with E-state index in [9.17, 15) is 0 Å². The average Bonchev–Trinajstić information content (AvgIpc) is 2.91. The highest BCUT2D eigenvalue weighted by molar-refractivity contribution is 7.07. The van der Waals surface area contributed by atoms with Crippen molar-refractivity contribution in [2.75, 3.05) is 19.7 Å². The Balaban J connectivity index is 1.88. The summed E-state index contributed by atoms with van der Waals surface area (Å²) in [6.45, 7) is 4.58. The van der Waals surface area contributed by atoms with Gasteiger partial charge in [0.25, 0.3) is 0 Å². The van der Waals surface area contributed by atoms with Crippen molar-refractivity contribution >= 4 is 11.3 Å². The minimum absolute atomic E-state index is 0.00341. The van der Waals surface area contributed by atoms with E-state index in [1.165, 1.54) is 12.0 Å². The third-order valence-electron chi connectivity index (χ3n) is 3.20. The molecule has 3 N–H and O–H groups in total. The Morgan fingerprint density at radius 3 is 3.12 bits per heavy atom. The maximum atomic E-state index is 5.79. The lowest BCUT2D eigenvalue weighted by molar-refractivity contribution is 0.0189. The Labute approximate surface area is 101 Å². The van der Waals surface area contributed by atoms with Gasteiger partial charge in [0.05, 0.1) is 5.60 Å². The van der Waals surface area contributed by atoms with Gasteiger partial charge in [-0.3, -0.25) is 0 Å². The average molecular weight is 240 g/mol. The van der Waals surface area contributed by atoms with Crippen LogP contribution in [0, 0.1) is 0 Å². The van der Waals surface area contributed by atoms with Crippen molar-refractivity contribution in [3.05, 3.63) is 22.4 Å². The van der Waals surface area contributed by atoms with E-state index in [0.29, 0.717) is 6.54 Å². The largest absolute Gasteiger partial charge is 0.374 e. The normalized spacial score (nSPS) is 27.1. The summed E-state index contributed by atoms with van der Waals surface area (Å²) in [7, 11) is 0. The summed E-state index contributed by atoms with van der Waals surface area (Å²) in [5.41, 5.74) is 7.08. The molecule has 1 aromatic heterocycles. The van der Waals surface area contributed by atoms with Gasteiger partial charge in [-0.15, -0.1) is 0 Å². The zero-order valence-corrected chi connectivity index (χ0v) is 10.6. The van der Waals surface area contributed by atoms with Gasteiger partial charge in [-0.2, -0.15) is 11.3 Å². The highest BCUT2D eigenvalue weighted by atomic mass is 32.1. The van der Waals surface area contributed by atoms with Crippen LogP contribution in [-0.4, -0.2) is 25.3 Å². The summed E-state index contributed by atoms with van der Waals surface area (Å²) >= 11 is 1.71. The van der Waals surface area contributed by atoms with Crippen molar-refractivity contribution < 1.29 is 4.74 Å². The SMILES string of the molecule is CC1(CNC(CN)c2ccsc2)CCCO1. The van der Waals surface area contributed by atoms with Crippen LogP contribution in [0.25, 0.3) is 0 Å². The summed E-state index contributed by atoms with van der Waals surface area (Å²) in [5, 5.41) is 7.76.